The zero-order valence-electron chi connectivity index (χ0n) is 11.9. The lowest BCUT2D eigenvalue weighted by atomic mass is 10.0. The summed E-state index contributed by atoms with van der Waals surface area (Å²) in [6.07, 6.45) is 2.18. The van der Waals surface area contributed by atoms with Gasteiger partial charge in [-0.15, -0.1) is 0 Å². The molecule has 2 aromatic carbocycles. The van der Waals surface area contributed by atoms with Crippen LogP contribution in [-0.4, -0.2) is 10.8 Å². The quantitative estimate of drug-likeness (QED) is 0.678. The molecule has 0 aliphatic heterocycles. The predicted octanol–water partition coefficient (Wildman–Crippen LogP) is 3.48. The maximum absolute atomic E-state index is 12.4. The monoisotopic (exact) mass is 296 g/mol. The molecule has 0 bridgehead atoms. The summed E-state index contributed by atoms with van der Waals surface area (Å²) in [5, 5.41) is 13.8. The van der Waals surface area contributed by atoms with Crippen LogP contribution in [-0.2, 0) is 0 Å². The molecule has 1 aliphatic carbocycles. The normalized spacial score (nSPS) is 15.1. The number of hydrogen-bond donors (Lipinski definition) is 1. The first kappa shape index (κ1) is 14.3. The van der Waals surface area contributed by atoms with Gasteiger partial charge in [-0.1, -0.05) is 36.4 Å². The van der Waals surface area contributed by atoms with Crippen LogP contribution in [0.25, 0.3) is 0 Å². The standard InChI is InChI=1S/C17H16N2O3/c20-17(14-7-4-8-15(11-14)19(21)22)18-16(13-9-10-13)12-5-2-1-3-6-12/h1-8,11,13,16H,9-10H2,(H,18,20)/t16-/m1/s1. The van der Waals surface area contributed by atoms with Crippen LogP contribution in [0.2, 0.25) is 0 Å². The van der Waals surface area contributed by atoms with Crippen LogP contribution in [0.3, 0.4) is 0 Å². The number of rotatable bonds is 5. The van der Waals surface area contributed by atoms with Crippen LogP contribution in [0.1, 0.15) is 34.8 Å². The molecular formula is C17H16N2O3. The van der Waals surface area contributed by atoms with E-state index in [-0.39, 0.29) is 17.6 Å². The molecule has 0 spiro atoms. The van der Waals surface area contributed by atoms with Crippen molar-refractivity contribution in [3.05, 3.63) is 75.8 Å². The van der Waals surface area contributed by atoms with Gasteiger partial charge in [0, 0.05) is 17.7 Å². The first-order chi connectivity index (χ1) is 10.6. The molecule has 0 unspecified atom stereocenters. The second kappa shape index (κ2) is 5.97. The number of non-ortho nitro benzene ring substituents is 1. The van der Waals surface area contributed by atoms with E-state index in [1.54, 1.807) is 6.07 Å². The van der Waals surface area contributed by atoms with Gasteiger partial charge in [0.1, 0.15) is 0 Å². The Hall–Kier alpha value is -2.69. The van der Waals surface area contributed by atoms with Crippen LogP contribution >= 0.6 is 0 Å². The summed E-state index contributed by atoms with van der Waals surface area (Å²) < 4.78 is 0. The molecule has 0 aromatic heterocycles. The molecule has 5 heteroatoms. The number of carbonyl (C=O) groups excluding carboxylic acids is 1. The molecule has 5 nitrogen and oxygen atoms in total. The van der Waals surface area contributed by atoms with Crippen molar-refractivity contribution < 1.29 is 9.72 Å². The summed E-state index contributed by atoms with van der Waals surface area (Å²) in [4.78, 5) is 22.7. The highest BCUT2D eigenvalue weighted by atomic mass is 16.6. The van der Waals surface area contributed by atoms with Gasteiger partial charge in [0.25, 0.3) is 11.6 Å². The molecule has 1 fully saturated rings. The van der Waals surface area contributed by atoms with Gasteiger partial charge < -0.3 is 5.32 Å². The number of amides is 1. The summed E-state index contributed by atoms with van der Waals surface area (Å²) in [5.74, 6) is 0.175. The van der Waals surface area contributed by atoms with E-state index < -0.39 is 4.92 Å². The molecule has 0 radical (unpaired) electrons. The highest BCUT2D eigenvalue weighted by molar-refractivity contribution is 5.95. The highest BCUT2D eigenvalue weighted by Crippen LogP contribution is 2.41. The molecule has 22 heavy (non-hydrogen) atoms. The molecule has 1 aliphatic rings. The Morgan fingerprint density at radius 3 is 2.50 bits per heavy atom. The summed E-state index contributed by atoms with van der Waals surface area (Å²) in [6.45, 7) is 0. The van der Waals surface area contributed by atoms with Crippen LogP contribution in [0.4, 0.5) is 5.69 Å². The van der Waals surface area contributed by atoms with Crippen molar-refractivity contribution in [2.24, 2.45) is 5.92 Å². The SMILES string of the molecule is O=C(N[C@H](c1ccccc1)C1CC1)c1cccc([N+](=O)[O-])c1. The number of benzene rings is 2. The third kappa shape index (κ3) is 3.14. The maximum Gasteiger partial charge on any atom is 0.270 e. The maximum atomic E-state index is 12.4. The Balaban J connectivity index is 1.80. The molecule has 3 rings (SSSR count). The minimum absolute atomic E-state index is 0.0343. The number of hydrogen-bond acceptors (Lipinski definition) is 3. The minimum Gasteiger partial charge on any atom is -0.345 e. The molecular weight excluding hydrogens is 280 g/mol. The van der Waals surface area contributed by atoms with E-state index in [4.69, 9.17) is 0 Å². The topological polar surface area (TPSA) is 72.2 Å². The lowest BCUT2D eigenvalue weighted by molar-refractivity contribution is -0.384. The van der Waals surface area contributed by atoms with Crippen LogP contribution < -0.4 is 5.32 Å². The molecule has 0 heterocycles. The molecule has 1 N–H and O–H groups in total. The second-order valence-corrected chi connectivity index (χ2v) is 5.51. The fraction of sp³-hybridized carbons (Fsp3) is 0.235. The molecule has 1 atom stereocenters. The first-order valence-electron chi connectivity index (χ1n) is 7.25. The number of nitrogens with one attached hydrogen (secondary N) is 1. The Morgan fingerprint density at radius 2 is 1.86 bits per heavy atom. The van der Waals surface area contributed by atoms with E-state index in [0.29, 0.717) is 11.5 Å². The number of carbonyl (C=O) groups is 1. The molecule has 1 amide bonds. The average molecular weight is 296 g/mol. The van der Waals surface area contributed by atoms with Crippen molar-refractivity contribution in [2.75, 3.05) is 0 Å². The summed E-state index contributed by atoms with van der Waals surface area (Å²) >= 11 is 0. The van der Waals surface area contributed by atoms with Gasteiger partial charge in [-0.3, -0.25) is 14.9 Å². The Morgan fingerprint density at radius 1 is 1.14 bits per heavy atom. The van der Waals surface area contributed by atoms with Gasteiger partial charge in [0.15, 0.2) is 0 Å². The fourth-order valence-electron chi connectivity index (χ4n) is 2.55. The molecule has 2 aromatic rings. The van der Waals surface area contributed by atoms with Gasteiger partial charge >= 0.3 is 0 Å². The van der Waals surface area contributed by atoms with Crippen molar-refractivity contribution >= 4 is 11.6 Å². The van der Waals surface area contributed by atoms with Crippen molar-refractivity contribution in [3.8, 4) is 0 Å². The summed E-state index contributed by atoms with van der Waals surface area (Å²) in [6, 6.07) is 15.6. The van der Waals surface area contributed by atoms with Crippen molar-refractivity contribution in [1.29, 1.82) is 0 Å². The largest absolute Gasteiger partial charge is 0.345 e. The number of nitro benzene ring substituents is 1. The van der Waals surface area contributed by atoms with Crippen LogP contribution in [0, 0.1) is 16.0 Å². The zero-order valence-corrected chi connectivity index (χ0v) is 11.9. The van der Waals surface area contributed by atoms with E-state index in [9.17, 15) is 14.9 Å². The Bertz CT molecular complexity index is 696. The summed E-state index contributed by atoms with van der Waals surface area (Å²) in [5.41, 5.74) is 1.31. The third-order valence-corrected chi connectivity index (χ3v) is 3.86. The first-order valence-corrected chi connectivity index (χ1v) is 7.25. The smallest absolute Gasteiger partial charge is 0.270 e. The van der Waals surface area contributed by atoms with Crippen LogP contribution in [0.15, 0.2) is 54.6 Å². The van der Waals surface area contributed by atoms with Crippen LogP contribution in [0.5, 0.6) is 0 Å². The predicted molar refractivity (Wildman–Crippen MR) is 82.5 cm³/mol. The highest BCUT2D eigenvalue weighted by Gasteiger charge is 2.33. The molecule has 0 saturated heterocycles. The summed E-state index contributed by atoms with van der Waals surface area (Å²) in [7, 11) is 0. The molecule has 1 saturated carbocycles. The Kier molecular flexibility index (Phi) is 3.87. The van der Waals surface area contributed by atoms with Gasteiger partial charge in [0.05, 0.1) is 11.0 Å². The lowest BCUT2D eigenvalue weighted by Crippen LogP contribution is -2.29. The average Bonchev–Trinajstić information content (AvgIpc) is 3.38. The zero-order chi connectivity index (χ0) is 15.5. The van der Waals surface area contributed by atoms with E-state index in [1.165, 1.54) is 18.2 Å². The van der Waals surface area contributed by atoms with E-state index >= 15 is 0 Å². The lowest BCUT2D eigenvalue weighted by Gasteiger charge is -2.18. The van der Waals surface area contributed by atoms with E-state index in [2.05, 4.69) is 5.32 Å². The van der Waals surface area contributed by atoms with Crippen molar-refractivity contribution in [2.45, 2.75) is 18.9 Å². The molecule has 112 valence electrons. The number of nitrogens with zero attached hydrogens (tertiary/aromatic N) is 1. The van der Waals surface area contributed by atoms with Gasteiger partial charge in [0.2, 0.25) is 0 Å². The van der Waals surface area contributed by atoms with Gasteiger partial charge in [-0.25, -0.2) is 0 Å². The second-order valence-electron chi connectivity index (χ2n) is 5.51. The van der Waals surface area contributed by atoms with Gasteiger partial charge in [-0.05, 0) is 30.4 Å². The van der Waals surface area contributed by atoms with E-state index in [1.807, 2.05) is 30.3 Å². The van der Waals surface area contributed by atoms with E-state index in [0.717, 1.165) is 18.4 Å². The van der Waals surface area contributed by atoms with Gasteiger partial charge in [-0.2, -0.15) is 0 Å². The Labute approximate surface area is 128 Å². The fourth-order valence-corrected chi connectivity index (χ4v) is 2.55. The third-order valence-electron chi connectivity index (χ3n) is 3.86. The minimum atomic E-state index is -0.494. The van der Waals surface area contributed by atoms with Crippen molar-refractivity contribution in [1.82, 2.24) is 5.32 Å². The number of nitro groups is 1. The van der Waals surface area contributed by atoms with Crippen molar-refractivity contribution in [3.63, 3.8) is 0 Å².